The highest BCUT2D eigenvalue weighted by atomic mass is 14.7. The summed E-state index contributed by atoms with van der Waals surface area (Å²) in [7, 11) is 0. The van der Waals surface area contributed by atoms with Gasteiger partial charge in [0.25, 0.3) is 0 Å². The third kappa shape index (κ3) is 1.30. The van der Waals surface area contributed by atoms with Gasteiger partial charge in [0.05, 0.1) is 5.69 Å². The largest absolute Gasteiger partial charge is 0.256 e. The molecule has 0 saturated heterocycles. The zero-order valence-electron chi connectivity index (χ0n) is 12.8. The predicted molar refractivity (Wildman–Crippen MR) is 87.7 cm³/mol. The molecule has 1 spiro atoms. The molecule has 110 valence electrons. The number of aromatic nitrogens is 1. The highest BCUT2D eigenvalue weighted by Crippen LogP contribution is 2.75. The van der Waals surface area contributed by atoms with Crippen molar-refractivity contribution >= 4 is 0 Å². The minimum Gasteiger partial charge on any atom is -0.256 e. The topological polar surface area (TPSA) is 12.9 Å². The van der Waals surface area contributed by atoms with Gasteiger partial charge in [0.2, 0.25) is 0 Å². The minimum absolute atomic E-state index is 0.763. The molecule has 1 aromatic carbocycles. The van der Waals surface area contributed by atoms with E-state index in [0.29, 0.717) is 0 Å². The molecule has 3 bridgehead atoms. The van der Waals surface area contributed by atoms with Gasteiger partial charge in [-0.05, 0) is 90.5 Å². The summed E-state index contributed by atoms with van der Waals surface area (Å²) in [6.45, 7) is 0. The van der Waals surface area contributed by atoms with Crippen molar-refractivity contribution in [3.63, 3.8) is 0 Å². The Labute approximate surface area is 131 Å². The van der Waals surface area contributed by atoms with Gasteiger partial charge in [-0.3, -0.25) is 4.98 Å². The lowest BCUT2D eigenvalue weighted by molar-refractivity contribution is 0.00322. The quantitative estimate of drug-likeness (QED) is 0.707. The van der Waals surface area contributed by atoms with E-state index in [1.165, 1.54) is 37.7 Å². The Morgan fingerprint density at radius 3 is 2.45 bits per heavy atom. The SMILES string of the molecule is c1ccc(-c2ccc3c(c2)C2CC4CC5CC3CC54C2)nc1. The summed E-state index contributed by atoms with van der Waals surface area (Å²) in [6.07, 6.45) is 9.35. The normalized spacial score (nSPS) is 40.0. The zero-order chi connectivity index (χ0) is 14.3. The molecule has 1 heterocycles. The Hall–Kier alpha value is -1.63. The van der Waals surface area contributed by atoms with Crippen LogP contribution in [0.25, 0.3) is 11.3 Å². The lowest BCUT2D eigenvalue weighted by Crippen LogP contribution is -2.41. The Morgan fingerprint density at radius 1 is 0.864 bits per heavy atom. The maximum absolute atomic E-state index is 4.55. The second-order valence-corrected chi connectivity index (χ2v) is 8.19. The fourth-order valence-electron chi connectivity index (χ4n) is 6.64. The monoisotopic (exact) mass is 287 g/mol. The summed E-state index contributed by atoms with van der Waals surface area (Å²) in [5.41, 5.74) is 6.56. The molecule has 2 aromatic rings. The smallest absolute Gasteiger partial charge is 0.0702 e. The van der Waals surface area contributed by atoms with Crippen LogP contribution in [0.1, 0.15) is 55.1 Å². The van der Waals surface area contributed by atoms with E-state index in [0.717, 1.165) is 34.8 Å². The van der Waals surface area contributed by atoms with Crippen molar-refractivity contribution < 1.29 is 0 Å². The Bertz CT molecular complexity index is 765. The van der Waals surface area contributed by atoms with E-state index >= 15 is 0 Å². The summed E-state index contributed by atoms with van der Waals surface area (Å²) in [5.74, 6) is 3.81. The first-order chi connectivity index (χ1) is 10.8. The first-order valence-electron chi connectivity index (χ1n) is 8.89. The fourth-order valence-corrected chi connectivity index (χ4v) is 6.64. The van der Waals surface area contributed by atoms with E-state index in [4.69, 9.17) is 0 Å². The van der Waals surface area contributed by atoms with Crippen molar-refractivity contribution in [2.24, 2.45) is 17.3 Å². The molecule has 0 amide bonds. The molecule has 1 nitrogen and oxygen atoms in total. The van der Waals surface area contributed by atoms with E-state index in [2.05, 4.69) is 35.3 Å². The molecule has 5 unspecified atom stereocenters. The average molecular weight is 287 g/mol. The number of fused-ring (bicyclic) bond motifs is 5. The molecule has 0 aliphatic heterocycles. The molecule has 1 heteroatoms. The zero-order valence-corrected chi connectivity index (χ0v) is 12.8. The summed E-state index contributed by atoms with van der Waals surface area (Å²) < 4.78 is 0. The van der Waals surface area contributed by atoms with Crippen molar-refractivity contribution in [1.29, 1.82) is 0 Å². The van der Waals surface area contributed by atoms with Crippen LogP contribution in [0.3, 0.4) is 0 Å². The standard InChI is InChI=1S/C21H21N/c1-2-6-22-20(3-1)13-4-5-18-14-7-16-10-17-8-15(19(18)9-13)12-21(16,17)11-14/h1-6,9,14-17H,7-8,10-12H2. The van der Waals surface area contributed by atoms with Gasteiger partial charge in [0.1, 0.15) is 0 Å². The summed E-state index contributed by atoms with van der Waals surface area (Å²) in [5, 5.41) is 0. The second kappa shape index (κ2) is 3.82. The maximum atomic E-state index is 4.55. The summed E-state index contributed by atoms with van der Waals surface area (Å²) in [6, 6.07) is 13.5. The summed E-state index contributed by atoms with van der Waals surface area (Å²) in [4.78, 5) is 4.55. The van der Waals surface area contributed by atoms with Gasteiger partial charge in [0.15, 0.2) is 0 Å². The van der Waals surface area contributed by atoms with Crippen LogP contribution in [0, 0.1) is 17.3 Å². The van der Waals surface area contributed by atoms with Crippen LogP contribution in [0.4, 0.5) is 0 Å². The van der Waals surface area contributed by atoms with Gasteiger partial charge in [0, 0.05) is 11.8 Å². The van der Waals surface area contributed by atoms with Gasteiger partial charge < -0.3 is 0 Å². The average Bonchev–Trinajstić information content (AvgIpc) is 2.98. The Balaban J connectivity index is 1.52. The van der Waals surface area contributed by atoms with Gasteiger partial charge >= 0.3 is 0 Å². The lowest BCUT2D eigenvalue weighted by atomic mass is 9.56. The maximum Gasteiger partial charge on any atom is 0.0702 e. The van der Waals surface area contributed by atoms with E-state index in [1.54, 1.807) is 11.1 Å². The molecular formula is C21H21N. The Morgan fingerprint density at radius 2 is 1.68 bits per heavy atom. The number of nitrogens with zero attached hydrogens (tertiary/aromatic N) is 1. The number of rotatable bonds is 1. The third-order valence-corrected chi connectivity index (χ3v) is 7.51. The predicted octanol–water partition coefficient (Wildman–Crippen LogP) is 5.14. The lowest BCUT2D eigenvalue weighted by Gasteiger charge is -2.48. The number of hydrogen-bond acceptors (Lipinski definition) is 1. The molecule has 0 radical (unpaired) electrons. The van der Waals surface area contributed by atoms with Gasteiger partial charge in [-0.1, -0.05) is 18.2 Å². The Kier molecular flexibility index (Phi) is 2.06. The minimum atomic E-state index is 0.763. The third-order valence-electron chi connectivity index (χ3n) is 7.51. The molecule has 6 rings (SSSR count). The molecule has 4 aliphatic rings. The second-order valence-electron chi connectivity index (χ2n) is 8.19. The van der Waals surface area contributed by atoms with Crippen LogP contribution in [0.15, 0.2) is 42.6 Å². The van der Waals surface area contributed by atoms with Gasteiger partial charge in [-0.2, -0.15) is 0 Å². The highest BCUT2D eigenvalue weighted by Gasteiger charge is 2.65. The molecule has 5 atom stereocenters. The van der Waals surface area contributed by atoms with Crippen molar-refractivity contribution in [2.75, 3.05) is 0 Å². The van der Waals surface area contributed by atoms with Crippen molar-refractivity contribution in [3.8, 4) is 11.3 Å². The van der Waals surface area contributed by atoms with Crippen molar-refractivity contribution in [3.05, 3.63) is 53.7 Å². The first kappa shape index (κ1) is 11.9. The van der Waals surface area contributed by atoms with Crippen LogP contribution < -0.4 is 0 Å². The van der Waals surface area contributed by atoms with Crippen molar-refractivity contribution in [2.45, 2.75) is 43.9 Å². The fraction of sp³-hybridized carbons (Fsp3) is 0.476. The van der Waals surface area contributed by atoms with E-state index in [-0.39, 0.29) is 0 Å². The molecule has 3 fully saturated rings. The molecular weight excluding hydrogens is 266 g/mol. The first-order valence-corrected chi connectivity index (χ1v) is 8.89. The molecule has 22 heavy (non-hydrogen) atoms. The van der Waals surface area contributed by atoms with E-state index in [9.17, 15) is 0 Å². The van der Waals surface area contributed by atoms with E-state index < -0.39 is 0 Å². The summed E-state index contributed by atoms with van der Waals surface area (Å²) >= 11 is 0. The molecule has 3 saturated carbocycles. The number of benzene rings is 1. The van der Waals surface area contributed by atoms with Crippen LogP contribution in [0.5, 0.6) is 0 Å². The van der Waals surface area contributed by atoms with Gasteiger partial charge in [-0.25, -0.2) is 0 Å². The van der Waals surface area contributed by atoms with Crippen LogP contribution in [-0.4, -0.2) is 4.98 Å². The van der Waals surface area contributed by atoms with Gasteiger partial charge in [-0.15, -0.1) is 0 Å². The van der Waals surface area contributed by atoms with Crippen molar-refractivity contribution in [1.82, 2.24) is 4.98 Å². The molecule has 0 N–H and O–H groups in total. The molecule has 4 aliphatic carbocycles. The molecule has 1 aromatic heterocycles. The van der Waals surface area contributed by atoms with Crippen LogP contribution >= 0.6 is 0 Å². The highest BCUT2D eigenvalue weighted by molar-refractivity contribution is 5.62. The van der Waals surface area contributed by atoms with Crippen LogP contribution in [0.2, 0.25) is 0 Å². The number of hydrogen-bond donors (Lipinski definition) is 0. The van der Waals surface area contributed by atoms with E-state index in [1.807, 2.05) is 12.3 Å². The number of pyridine rings is 1. The van der Waals surface area contributed by atoms with Crippen LogP contribution in [-0.2, 0) is 0 Å².